The summed E-state index contributed by atoms with van der Waals surface area (Å²) in [6.45, 7) is 8.58. The van der Waals surface area contributed by atoms with Crippen molar-refractivity contribution in [3.8, 4) is 0 Å². The Kier molecular flexibility index (Phi) is 6.19. The number of benzene rings is 1. The van der Waals surface area contributed by atoms with Gasteiger partial charge in [-0.15, -0.1) is 0 Å². The van der Waals surface area contributed by atoms with E-state index >= 15 is 0 Å². The molecular weight excluding hydrogens is 318 g/mol. The molecule has 2 aliphatic rings. The normalized spacial score (nSPS) is 22.2. The first-order valence-corrected chi connectivity index (χ1v) is 10.2. The van der Waals surface area contributed by atoms with Crippen LogP contribution in [0.2, 0.25) is 0 Å². The average molecular weight is 348 g/mol. The van der Waals surface area contributed by atoms with E-state index in [1.165, 1.54) is 37.4 Å². The largest absolute Gasteiger partial charge is 0.324 e. The molecular formula is C19H29N3OS. The Bertz CT molecular complexity index is 551. The van der Waals surface area contributed by atoms with Crippen molar-refractivity contribution in [2.45, 2.75) is 38.8 Å². The number of likely N-dealkylation sites (tertiary alicyclic amines) is 1. The third-order valence-electron chi connectivity index (χ3n) is 5.39. The minimum atomic E-state index is -0.0672. The number of amides is 1. The number of piperidine rings is 1. The van der Waals surface area contributed by atoms with Gasteiger partial charge < -0.3 is 5.32 Å². The van der Waals surface area contributed by atoms with Gasteiger partial charge in [-0.1, -0.05) is 18.2 Å². The second-order valence-electron chi connectivity index (χ2n) is 6.90. The number of carbonyl (C=O) groups excluding carboxylic acids is 1. The van der Waals surface area contributed by atoms with Gasteiger partial charge in [0.25, 0.3) is 0 Å². The molecule has 0 saturated carbocycles. The fraction of sp³-hybridized carbons (Fsp3) is 0.632. The molecule has 0 radical (unpaired) electrons. The van der Waals surface area contributed by atoms with Crippen LogP contribution in [-0.4, -0.2) is 65.5 Å². The van der Waals surface area contributed by atoms with Gasteiger partial charge in [-0.2, -0.15) is 11.8 Å². The second-order valence-corrected chi connectivity index (χ2v) is 8.12. The lowest BCUT2D eigenvalue weighted by atomic mass is 10.0. The first-order valence-electron chi connectivity index (χ1n) is 9.07. The predicted molar refractivity (Wildman–Crippen MR) is 103 cm³/mol. The maximum absolute atomic E-state index is 12.6. The Balaban J connectivity index is 1.50. The Morgan fingerprint density at radius 2 is 1.83 bits per heavy atom. The van der Waals surface area contributed by atoms with E-state index in [0.717, 1.165) is 24.3 Å². The van der Waals surface area contributed by atoms with Gasteiger partial charge in [0.2, 0.25) is 5.91 Å². The van der Waals surface area contributed by atoms with E-state index in [0.29, 0.717) is 6.04 Å². The number of carbonyl (C=O) groups is 1. The lowest BCUT2D eigenvalue weighted by molar-refractivity contribution is -0.121. The molecule has 1 atom stereocenters. The highest BCUT2D eigenvalue weighted by atomic mass is 32.2. The molecule has 4 nitrogen and oxygen atoms in total. The molecule has 2 heterocycles. The monoisotopic (exact) mass is 347 g/mol. The molecule has 1 aromatic rings. The van der Waals surface area contributed by atoms with Crippen LogP contribution in [-0.2, 0) is 4.79 Å². The summed E-state index contributed by atoms with van der Waals surface area (Å²) in [5, 5.41) is 3.09. The standard InChI is InChI=1S/C19H29N3OS/c1-15-5-3-4-6-18(15)20-19(23)16(2)21-9-7-17(8-10-21)22-11-13-24-14-12-22/h3-6,16-17H,7-14H2,1-2H3,(H,20,23)/t16-/m1/s1. The number of hydrogen-bond donors (Lipinski definition) is 1. The van der Waals surface area contributed by atoms with Crippen molar-refractivity contribution < 1.29 is 4.79 Å². The van der Waals surface area contributed by atoms with Crippen LogP contribution in [0.5, 0.6) is 0 Å². The minimum Gasteiger partial charge on any atom is -0.324 e. The summed E-state index contributed by atoms with van der Waals surface area (Å²) in [6.07, 6.45) is 2.37. The molecule has 132 valence electrons. The lowest BCUT2D eigenvalue weighted by Crippen LogP contribution is -2.51. The second kappa shape index (κ2) is 8.37. The fourth-order valence-corrected chi connectivity index (χ4v) is 4.63. The van der Waals surface area contributed by atoms with Crippen molar-refractivity contribution in [1.29, 1.82) is 0 Å². The first-order chi connectivity index (χ1) is 11.6. The summed E-state index contributed by atoms with van der Waals surface area (Å²) < 4.78 is 0. The molecule has 0 aliphatic carbocycles. The number of anilines is 1. The van der Waals surface area contributed by atoms with E-state index < -0.39 is 0 Å². The van der Waals surface area contributed by atoms with Gasteiger partial charge in [0.15, 0.2) is 0 Å². The molecule has 0 aromatic heterocycles. The molecule has 1 N–H and O–H groups in total. The molecule has 2 saturated heterocycles. The van der Waals surface area contributed by atoms with Crippen molar-refractivity contribution in [3.05, 3.63) is 29.8 Å². The Hall–Kier alpha value is -1.04. The topological polar surface area (TPSA) is 35.6 Å². The van der Waals surface area contributed by atoms with Crippen LogP contribution < -0.4 is 5.32 Å². The molecule has 1 amide bonds. The van der Waals surface area contributed by atoms with E-state index in [9.17, 15) is 4.79 Å². The van der Waals surface area contributed by atoms with Crippen LogP contribution in [0.15, 0.2) is 24.3 Å². The van der Waals surface area contributed by atoms with Crippen molar-refractivity contribution in [3.63, 3.8) is 0 Å². The van der Waals surface area contributed by atoms with Gasteiger partial charge in [0.05, 0.1) is 6.04 Å². The van der Waals surface area contributed by atoms with E-state index in [2.05, 4.69) is 26.9 Å². The maximum Gasteiger partial charge on any atom is 0.241 e. The van der Waals surface area contributed by atoms with Gasteiger partial charge in [0, 0.05) is 49.4 Å². The van der Waals surface area contributed by atoms with Crippen molar-refractivity contribution >= 4 is 23.4 Å². The molecule has 0 bridgehead atoms. The molecule has 5 heteroatoms. The molecule has 1 aromatic carbocycles. The lowest BCUT2D eigenvalue weighted by Gasteiger charge is -2.41. The van der Waals surface area contributed by atoms with Crippen LogP contribution in [0.1, 0.15) is 25.3 Å². The van der Waals surface area contributed by atoms with Crippen molar-refractivity contribution in [2.24, 2.45) is 0 Å². The van der Waals surface area contributed by atoms with Gasteiger partial charge in [-0.05, 0) is 38.3 Å². The van der Waals surface area contributed by atoms with E-state index in [4.69, 9.17) is 0 Å². The van der Waals surface area contributed by atoms with Gasteiger partial charge >= 0.3 is 0 Å². The Labute approximate surface area is 150 Å². The number of para-hydroxylation sites is 1. The highest BCUT2D eigenvalue weighted by Crippen LogP contribution is 2.22. The Morgan fingerprint density at radius 1 is 1.17 bits per heavy atom. The van der Waals surface area contributed by atoms with Gasteiger partial charge in [-0.3, -0.25) is 14.6 Å². The number of rotatable bonds is 4. The van der Waals surface area contributed by atoms with Crippen LogP contribution in [0, 0.1) is 6.92 Å². The van der Waals surface area contributed by atoms with Crippen LogP contribution in [0.25, 0.3) is 0 Å². The average Bonchev–Trinajstić information content (AvgIpc) is 2.64. The molecule has 3 rings (SSSR count). The van der Waals surface area contributed by atoms with E-state index in [-0.39, 0.29) is 11.9 Å². The third kappa shape index (κ3) is 4.32. The summed E-state index contributed by atoms with van der Waals surface area (Å²) in [4.78, 5) is 17.6. The zero-order chi connectivity index (χ0) is 16.9. The number of nitrogens with one attached hydrogen (secondary N) is 1. The summed E-state index contributed by atoms with van der Waals surface area (Å²) in [6, 6.07) is 8.62. The Morgan fingerprint density at radius 3 is 2.50 bits per heavy atom. The SMILES string of the molecule is Cc1ccccc1NC(=O)[C@@H](C)N1CCC(N2CCSCC2)CC1. The summed E-state index contributed by atoms with van der Waals surface area (Å²) in [5.74, 6) is 2.65. The molecule has 0 unspecified atom stereocenters. The fourth-order valence-electron chi connectivity index (χ4n) is 3.70. The zero-order valence-corrected chi connectivity index (χ0v) is 15.6. The molecule has 0 spiro atoms. The van der Waals surface area contributed by atoms with Crippen LogP contribution >= 0.6 is 11.8 Å². The van der Waals surface area contributed by atoms with Gasteiger partial charge in [-0.25, -0.2) is 0 Å². The smallest absolute Gasteiger partial charge is 0.241 e. The molecule has 2 fully saturated rings. The summed E-state index contributed by atoms with van der Waals surface area (Å²) >= 11 is 2.07. The molecule has 2 aliphatic heterocycles. The quantitative estimate of drug-likeness (QED) is 0.908. The highest BCUT2D eigenvalue weighted by molar-refractivity contribution is 7.99. The number of hydrogen-bond acceptors (Lipinski definition) is 4. The van der Waals surface area contributed by atoms with Crippen LogP contribution in [0.3, 0.4) is 0 Å². The van der Waals surface area contributed by atoms with Crippen molar-refractivity contribution in [2.75, 3.05) is 43.0 Å². The van der Waals surface area contributed by atoms with Gasteiger partial charge in [0.1, 0.15) is 0 Å². The van der Waals surface area contributed by atoms with Crippen LogP contribution in [0.4, 0.5) is 5.69 Å². The minimum absolute atomic E-state index is 0.0672. The van der Waals surface area contributed by atoms with E-state index in [1.807, 2.05) is 38.1 Å². The summed E-state index contributed by atoms with van der Waals surface area (Å²) in [7, 11) is 0. The molecule has 24 heavy (non-hydrogen) atoms. The maximum atomic E-state index is 12.6. The third-order valence-corrected chi connectivity index (χ3v) is 6.33. The number of thioether (sulfide) groups is 1. The van der Waals surface area contributed by atoms with E-state index in [1.54, 1.807) is 0 Å². The number of aryl methyl sites for hydroxylation is 1. The first kappa shape index (κ1) is 17.8. The zero-order valence-electron chi connectivity index (χ0n) is 14.8. The summed E-state index contributed by atoms with van der Waals surface area (Å²) in [5.41, 5.74) is 2.04. The van der Waals surface area contributed by atoms with Crippen molar-refractivity contribution in [1.82, 2.24) is 9.80 Å². The number of nitrogens with zero attached hydrogens (tertiary/aromatic N) is 2. The predicted octanol–water partition coefficient (Wildman–Crippen LogP) is 2.84. The highest BCUT2D eigenvalue weighted by Gasteiger charge is 2.29.